The maximum absolute atomic E-state index is 13.1. The van der Waals surface area contributed by atoms with Crippen LogP contribution in [-0.4, -0.2) is 22.7 Å². The summed E-state index contributed by atoms with van der Waals surface area (Å²) in [5.41, 5.74) is 0.635. The Kier molecular flexibility index (Phi) is 4.07. The Bertz CT molecular complexity index is 353. The molecule has 1 heterocycles. The van der Waals surface area contributed by atoms with Crippen LogP contribution in [0.15, 0.2) is 18.2 Å². The largest absolute Gasteiger partial charge is 0.505 e. The Hall–Kier alpha value is -0.740. The standard InChI is InChI=1S/C12H16FNOS/c13-11-5-1-3-9(12(11)15)7-14-10-4-2-6-16-8-10/h1,3,5,10,14-15H,2,4,6-8H2. The minimum Gasteiger partial charge on any atom is -0.505 e. The summed E-state index contributed by atoms with van der Waals surface area (Å²) in [6, 6.07) is 5.14. The highest BCUT2D eigenvalue weighted by molar-refractivity contribution is 7.99. The normalized spacial score (nSPS) is 20.9. The highest BCUT2D eigenvalue weighted by Gasteiger charge is 2.14. The molecule has 0 amide bonds. The average molecular weight is 241 g/mol. The zero-order chi connectivity index (χ0) is 11.4. The van der Waals surface area contributed by atoms with Gasteiger partial charge in [0, 0.05) is 23.9 Å². The molecule has 2 nitrogen and oxygen atoms in total. The van der Waals surface area contributed by atoms with Crippen molar-refractivity contribution < 1.29 is 9.50 Å². The van der Waals surface area contributed by atoms with E-state index < -0.39 is 5.82 Å². The van der Waals surface area contributed by atoms with Gasteiger partial charge in [0.05, 0.1) is 0 Å². The maximum Gasteiger partial charge on any atom is 0.165 e. The predicted octanol–water partition coefficient (Wildman–Crippen LogP) is 2.52. The first kappa shape index (κ1) is 11.7. The second-order valence-electron chi connectivity index (χ2n) is 4.04. The van der Waals surface area contributed by atoms with Crippen molar-refractivity contribution in [3.63, 3.8) is 0 Å². The van der Waals surface area contributed by atoms with Gasteiger partial charge in [0.2, 0.25) is 0 Å². The van der Waals surface area contributed by atoms with Gasteiger partial charge in [0.1, 0.15) is 0 Å². The highest BCUT2D eigenvalue weighted by atomic mass is 32.2. The quantitative estimate of drug-likeness (QED) is 0.853. The van der Waals surface area contributed by atoms with Crippen LogP contribution in [0.5, 0.6) is 5.75 Å². The third-order valence-electron chi connectivity index (χ3n) is 2.81. The van der Waals surface area contributed by atoms with Crippen molar-refractivity contribution in [2.45, 2.75) is 25.4 Å². The maximum atomic E-state index is 13.1. The summed E-state index contributed by atoms with van der Waals surface area (Å²) >= 11 is 1.95. The molecule has 1 unspecified atom stereocenters. The molecule has 2 N–H and O–H groups in total. The topological polar surface area (TPSA) is 32.3 Å². The lowest BCUT2D eigenvalue weighted by molar-refractivity contribution is 0.418. The molecule has 2 rings (SSSR count). The lowest BCUT2D eigenvalue weighted by Gasteiger charge is -2.22. The monoisotopic (exact) mass is 241 g/mol. The number of aromatic hydroxyl groups is 1. The number of rotatable bonds is 3. The van der Waals surface area contributed by atoms with Gasteiger partial charge in [-0.3, -0.25) is 0 Å². The second-order valence-corrected chi connectivity index (χ2v) is 5.19. The van der Waals surface area contributed by atoms with Crippen LogP contribution < -0.4 is 5.32 Å². The van der Waals surface area contributed by atoms with Crippen LogP contribution in [0, 0.1) is 5.82 Å². The second kappa shape index (κ2) is 5.55. The summed E-state index contributed by atoms with van der Waals surface area (Å²) < 4.78 is 13.1. The van der Waals surface area contributed by atoms with Crippen LogP contribution in [0.25, 0.3) is 0 Å². The zero-order valence-electron chi connectivity index (χ0n) is 9.08. The van der Waals surface area contributed by atoms with Crippen LogP contribution in [0.2, 0.25) is 0 Å². The number of para-hydroxylation sites is 1. The van der Waals surface area contributed by atoms with Crippen molar-refractivity contribution in [2.24, 2.45) is 0 Å². The summed E-state index contributed by atoms with van der Waals surface area (Å²) in [6.07, 6.45) is 2.40. The number of halogens is 1. The fraction of sp³-hybridized carbons (Fsp3) is 0.500. The molecule has 1 aliphatic rings. The van der Waals surface area contributed by atoms with Crippen LogP contribution in [0.3, 0.4) is 0 Å². The van der Waals surface area contributed by atoms with Gasteiger partial charge in [0.25, 0.3) is 0 Å². The lowest BCUT2D eigenvalue weighted by atomic mass is 10.1. The first-order chi connectivity index (χ1) is 7.77. The first-order valence-electron chi connectivity index (χ1n) is 5.55. The van der Waals surface area contributed by atoms with Gasteiger partial charge in [-0.2, -0.15) is 11.8 Å². The van der Waals surface area contributed by atoms with Crippen LogP contribution in [0.1, 0.15) is 18.4 Å². The molecule has 0 radical (unpaired) electrons. The van der Waals surface area contributed by atoms with E-state index in [9.17, 15) is 9.50 Å². The Morgan fingerprint density at radius 3 is 3.12 bits per heavy atom. The molecule has 1 atom stereocenters. The molecule has 4 heteroatoms. The highest BCUT2D eigenvalue weighted by Crippen LogP contribution is 2.22. The minimum absolute atomic E-state index is 0.224. The van der Waals surface area contributed by atoms with Crippen molar-refractivity contribution in [1.29, 1.82) is 0 Å². The van der Waals surface area contributed by atoms with E-state index in [1.165, 1.54) is 24.7 Å². The molecule has 0 aliphatic carbocycles. The molecule has 1 fully saturated rings. The van der Waals surface area contributed by atoms with Crippen LogP contribution >= 0.6 is 11.8 Å². The van der Waals surface area contributed by atoms with Crippen molar-refractivity contribution in [3.8, 4) is 5.75 Å². The molecular formula is C12H16FNOS. The van der Waals surface area contributed by atoms with Gasteiger partial charge in [-0.05, 0) is 24.7 Å². The van der Waals surface area contributed by atoms with Crippen LogP contribution in [0.4, 0.5) is 4.39 Å². The summed E-state index contributed by atoms with van der Waals surface area (Å²) in [7, 11) is 0. The number of phenols is 1. The van der Waals surface area contributed by atoms with Crippen molar-refractivity contribution in [1.82, 2.24) is 5.32 Å². The molecule has 0 spiro atoms. The van der Waals surface area contributed by atoms with Gasteiger partial charge in [-0.25, -0.2) is 4.39 Å². The van der Waals surface area contributed by atoms with Gasteiger partial charge < -0.3 is 10.4 Å². The molecule has 0 aromatic heterocycles. The first-order valence-corrected chi connectivity index (χ1v) is 6.70. The minimum atomic E-state index is -0.544. The number of hydrogen-bond donors (Lipinski definition) is 2. The number of benzene rings is 1. The van der Waals surface area contributed by atoms with E-state index in [1.807, 2.05) is 11.8 Å². The fourth-order valence-electron chi connectivity index (χ4n) is 1.86. The molecule has 1 aromatic carbocycles. The Labute approximate surface area is 99.2 Å². The average Bonchev–Trinajstić information content (AvgIpc) is 2.32. The Balaban J connectivity index is 1.91. The van der Waals surface area contributed by atoms with Crippen molar-refractivity contribution in [2.75, 3.05) is 11.5 Å². The van der Waals surface area contributed by atoms with E-state index in [0.717, 1.165) is 5.75 Å². The Morgan fingerprint density at radius 2 is 2.38 bits per heavy atom. The van der Waals surface area contributed by atoms with Gasteiger partial charge in [-0.1, -0.05) is 12.1 Å². The fourth-order valence-corrected chi connectivity index (χ4v) is 2.97. The van der Waals surface area contributed by atoms with Gasteiger partial charge in [0.15, 0.2) is 11.6 Å². The summed E-state index contributed by atoms with van der Waals surface area (Å²) in [6.45, 7) is 0.537. The molecule has 0 bridgehead atoms. The molecule has 88 valence electrons. The predicted molar refractivity (Wildman–Crippen MR) is 65.3 cm³/mol. The third kappa shape index (κ3) is 2.89. The summed E-state index contributed by atoms with van der Waals surface area (Å²) in [5, 5.41) is 12.9. The third-order valence-corrected chi connectivity index (χ3v) is 4.03. The summed E-state index contributed by atoms with van der Waals surface area (Å²) in [5.74, 6) is 1.58. The van der Waals surface area contributed by atoms with E-state index in [0.29, 0.717) is 18.2 Å². The molecular weight excluding hydrogens is 225 g/mol. The molecule has 1 aromatic rings. The molecule has 1 saturated heterocycles. The van der Waals surface area contributed by atoms with E-state index >= 15 is 0 Å². The van der Waals surface area contributed by atoms with Crippen LogP contribution in [-0.2, 0) is 6.54 Å². The van der Waals surface area contributed by atoms with Crippen molar-refractivity contribution in [3.05, 3.63) is 29.6 Å². The number of thioether (sulfide) groups is 1. The smallest absolute Gasteiger partial charge is 0.165 e. The molecule has 1 aliphatic heterocycles. The number of nitrogens with one attached hydrogen (secondary N) is 1. The zero-order valence-corrected chi connectivity index (χ0v) is 9.89. The summed E-state index contributed by atoms with van der Waals surface area (Å²) in [4.78, 5) is 0. The van der Waals surface area contributed by atoms with E-state index in [4.69, 9.17) is 0 Å². The lowest BCUT2D eigenvalue weighted by Crippen LogP contribution is -2.33. The van der Waals surface area contributed by atoms with E-state index in [1.54, 1.807) is 12.1 Å². The van der Waals surface area contributed by atoms with E-state index in [2.05, 4.69) is 5.32 Å². The number of phenolic OH excluding ortho intramolecular Hbond substituents is 1. The molecule has 0 saturated carbocycles. The Morgan fingerprint density at radius 1 is 1.50 bits per heavy atom. The van der Waals surface area contributed by atoms with E-state index in [-0.39, 0.29) is 5.75 Å². The van der Waals surface area contributed by atoms with Crippen molar-refractivity contribution >= 4 is 11.8 Å². The SMILES string of the molecule is Oc1c(F)cccc1CNC1CCCSC1. The molecule has 16 heavy (non-hydrogen) atoms. The van der Waals surface area contributed by atoms with Gasteiger partial charge >= 0.3 is 0 Å². The van der Waals surface area contributed by atoms with Gasteiger partial charge in [-0.15, -0.1) is 0 Å². The number of hydrogen-bond acceptors (Lipinski definition) is 3.